The first kappa shape index (κ1) is 20.8. The lowest BCUT2D eigenvalue weighted by atomic mass is 9.51. The zero-order chi connectivity index (χ0) is 22.6. The molecule has 1 spiro atoms. The van der Waals surface area contributed by atoms with Crippen LogP contribution in [0.5, 0.6) is 5.75 Å². The van der Waals surface area contributed by atoms with Crippen molar-refractivity contribution in [3.63, 3.8) is 0 Å². The Labute approximate surface area is 191 Å². The second-order valence-corrected chi connectivity index (χ2v) is 9.81. The summed E-state index contributed by atoms with van der Waals surface area (Å²) in [5.74, 6) is -0.362. The fourth-order valence-corrected chi connectivity index (χ4v) is 5.70. The maximum absolute atomic E-state index is 14.9. The molecule has 33 heavy (non-hydrogen) atoms. The third-order valence-corrected chi connectivity index (χ3v) is 7.67. The van der Waals surface area contributed by atoms with E-state index in [0.29, 0.717) is 28.4 Å². The minimum atomic E-state index is -0.738. The van der Waals surface area contributed by atoms with Crippen LogP contribution in [-0.2, 0) is 0 Å². The van der Waals surface area contributed by atoms with Crippen LogP contribution in [0.3, 0.4) is 0 Å². The zero-order valence-electron chi connectivity index (χ0n) is 18.7. The maximum atomic E-state index is 14.9. The molecule has 1 aliphatic heterocycles. The Balaban J connectivity index is 1.37. The van der Waals surface area contributed by atoms with Crippen molar-refractivity contribution >= 4 is 11.5 Å². The average molecular weight is 455 g/mol. The second-order valence-electron chi connectivity index (χ2n) is 9.81. The highest BCUT2D eigenvalue weighted by Crippen LogP contribution is 2.62. The van der Waals surface area contributed by atoms with Crippen LogP contribution in [0.4, 0.5) is 14.6 Å². The van der Waals surface area contributed by atoms with E-state index in [1.165, 1.54) is 25.5 Å². The van der Waals surface area contributed by atoms with Gasteiger partial charge in [-0.15, -0.1) is 0 Å². The molecule has 6 rings (SSSR count). The van der Waals surface area contributed by atoms with Crippen LogP contribution in [0.2, 0.25) is 0 Å². The van der Waals surface area contributed by atoms with Gasteiger partial charge in [-0.25, -0.2) is 23.3 Å². The SMILES string of the molecule is COc1cc2ncc(-c3nc(N[C@@H]4CCCNC4)c(F)cc3F)n2nc1C1CC2(CCC2)C1. The number of aromatic nitrogens is 4. The van der Waals surface area contributed by atoms with Crippen molar-refractivity contribution in [2.24, 2.45) is 5.41 Å². The Kier molecular flexibility index (Phi) is 4.97. The third-order valence-electron chi connectivity index (χ3n) is 7.67. The van der Waals surface area contributed by atoms with E-state index in [-0.39, 0.29) is 17.6 Å². The van der Waals surface area contributed by atoms with E-state index in [9.17, 15) is 8.78 Å². The van der Waals surface area contributed by atoms with Crippen LogP contribution in [0, 0.1) is 17.0 Å². The molecule has 2 aliphatic carbocycles. The van der Waals surface area contributed by atoms with E-state index in [1.54, 1.807) is 11.6 Å². The number of halogens is 2. The predicted octanol–water partition coefficient (Wildman–Crippen LogP) is 4.29. The number of imidazole rings is 1. The average Bonchev–Trinajstić information content (AvgIpc) is 3.16. The molecule has 3 aromatic heterocycles. The van der Waals surface area contributed by atoms with E-state index in [0.717, 1.165) is 50.5 Å². The third kappa shape index (κ3) is 3.53. The van der Waals surface area contributed by atoms with Crippen molar-refractivity contribution in [3.8, 4) is 17.1 Å². The summed E-state index contributed by atoms with van der Waals surface area (Å²) in [6.45, 7) is 1.67. The minimum Gasteiger partial charge on any atom is -0.495 e. The van der Waals surface area contributed by atoms with Crippen molar-refractivity contribution in [1.29, 1.82) is 0 Å². The van der Waals surface area contributed by atoms with Crippen LogP contribution >= 0.6 is 0 Å². The number of hydrogen-bond acceptors (Lipinski definition) is 6. The zero-order valence-corrected chi connectivity index (χ0v) is 18.7. The molecule has 174 valence electrons. The first-order valence-electron chi connectivity index (χ1n) is 11.8. The van der Waals surface area contributed by atoms with Gasteiger partial charge in [0.2, 0.25) is 0 Å². The van der Waals surface area contributed by atoms with Crippen molar-refractivity contribution in [2.45, 2.75) is 56.9 Å². The number of nitrogens with zero attached hydrogens (tertiary/aromatic N) is 4. The van der Waals surface area contributed by atoms with Gasteiger partial charge < -0.3 is 15.4 Å². The van der Waals surface area contributed by atoms with Gasteiger partial charge in [0.15, 0.2) is 23.1 Å². The molecule has 3 fully saturated rings. The molecule has 9 heteroatoms. The highest BCUT2D eigenvalue weighted by atomic mass is 19.1. The van der Waals surface area contributed by atoms with Crippen molar-refractivity contribution in [1.82, 2.24) is 24.9 Å². The highest BCUT2D eigenvalue weighted by molar-refractivity contribution is 5.63. The summed E-state index contributed by atoms with van der Waals surface area (Å²) in [6.07, 6.45) is 9.56. The summed E-state index contributed by atoms with van der Waals surface area (Å²) in [6, 6.07) is 2.77. The fraction of sp³-hybridized carbons (Fsp3) is 0.542. The molecule has 4 heterocycles. The Bertz CT molecular complexity index is 1190. The largest absolute Gasteiger partial charge is 0.495 e. The first-order valence-corrected chi connectivity index (χ1v) is 11.8. The lowest BCUT2D eigenvalue weighted by Gasteiger charge is -2.54. The molecule has 3 aromatic rings. The molecule has 3 aliphatic rings. The summed E-state index contributed by atoms with van der Waals surface area (Å²) < 4.78 is 36.7. The first-order chi connectivity index (χ1) is 16.0. The number of fused-ring (bicyclic) bond motifs is 1. The molecule has 0 bridgehead atoms. The molecule has 0 radical (unpaired) electrons. The van der Waals surface area contributed by atoms with Crippen molar-refractivity contribution in [3.05, 3.63) is 35.7 Å². The lowest BCUT2D eigenvalue weighted by Crippen LogP contribution is -2.41. The number of anilines is 1. The van der Waals surface area contributed by atoms with Gasteiger partial charge in [-0.2, -0.15) is 5.10 Å². The van der Waals surface area contributed by atoms with E-state index in [4.69, 9.17) is 9.84 Å². The Morgan fingerprint density at radius 1 is 1.18 bits per heavy atom. The van der Waals surface area contributed by atoms with Gasteiger partial charge in [0.1, 0.15) is 22.8 Å². The number of hydrogen-bond donors (Lipinski definition) is 2. The molecule has 0 amide bonds. The van der Waals surface area contributed by atoms with Crippen LogP contribution in [0.25, 0.3) is 17.0 Å². The molecule has 0 aromatic carbocycles. The van der Waals surface area contributed by atoms with Gasteiger partial charge in [-0.1, -0.05) is 6.42 Å². The maximum Gasteiger partial charge on any atom is 0.168 e. The summed E-state index contributed by atoms with van der Waals surface area (Å²) in [5, 5.41) is 11.2. The van der Waals surface area contributed by atoms with Crippen LogP contribution in [-0.4, -0.2) is 45.8 Å². The minimum absolute atomic E-state index is 0.0304. The number of rotatable bonds is 5. The van der Waals surface area contributed by atoms with Crippen LogP contribution < -0.4 is 15.4 Å². The summed E-state index contributed by atoms with van der Waals surface area (Å²) in [7, 11) is 1.64. The smallest absolute Gasteiger partial charge is 0.168 e. The fourth-order valence-electron chi connectivity index (χ4n) is 5.70. The van der Waals surface area contributed by atoms with Gasteiger partial charge in [0.05, 0.1) is 13.3 Å². The normalized spacial score (nSPS) is 22.2. The highest BCUT2D eigenvalue weighted by Gasteiger charge is 2.49. The second kappa shape index (κ2) is 7.90. The van der Waals surface area contributed by atoms with Gasteiger partial charge in [0, 0.05) is 30.6 Å². The van der Waals surface area contributed by atoms with E-state index < -0.39 is 11.6 Å². The number of nitrogens with one attached hydrogen (secondary N) is 2. The van der Waals surface area contributed by atoms with E-state index in [2.05, 4.69) is 20.6 Å². The van der Waals surface area contributed by atoms with Gasteiger partial charge in [-0.3, -0.25) is 0 Å². The lowest BCUT2D eigenvalue weighted by molar-refractivity contribution is 0.00648. The summed E-state index contributed by atoms with van der Waals surface area (Å²) in [4.78, 5) is 8.74. The summed E-state index contributed by atoms with van der Waals surface area (Å²) >= 11 is 0. The molecule has 2 saturated carbocycles. The Hall–Kier alpha value is -2.81. The van der Waals surface area contributed by atoms with E-state index in [1.807, 2.05) is 6.07 Å². The van der Waals surface area contributed by atoms with Gasteiger partial charge >= 0.3 is 0 Å². The van der Waals surface area contributed by atoms with Crippen molar-refractivity contribution in [2.75, 3.05) is 25.5 Å². The van der Waals surface area contributed by atoms with E-state index >= 15 is 0 Å². The number of methoxy groups -OCH3 is 1. The standard InChI is InChI=1S/C24H28F2N6O/c1-33-19-9-20-28-13-18(32(20)31-21(19)14-10-24(11-14)5-3-6-24)22-16(25)8-17(26)23(30-22)29-15-4-2-7-27-12-15/h8-9,13-15,27H,2-7,10-12H2,1H3,(H,29,30)/t15-/m1/s1. The quantitative estimate of drug-likeness (QED) is 0.599. The van der Waals surface area contributed by atoms with Gasteiger partial charge in [-0.05, 0) is 50.5 Å². The van der Waals surface area contributed by atoms with Crippen LogP contribution in [0.1, 0.15) is 56.6 Å². The topological polar surface area (TPSA) is 76.4 Å². The molecular weight excluding hydrogens is 426 g/mol. The molecule has 1 saturated heterocycles. The Morgan fingerprint density at radius 2 is 2.03 bits per heavy atom. The molecule has 7 nitrogen and oxygen atoms in total. The number of pyridine rings is 1. The Morgan fingerprint density at radius 3 is 2.73 bits per heavy atom. The monoisotopic (exact) mass is 454 g/mol. The van der Waals surface area contributed by atoms with Crippen molar-refractivity contribution < 1.29 is 13.5 Å². The molecule has 1 atom stereocenters. The van der Waals surface area contributed by atoms with Gasteiger partial charge in [0.25, 0.3) is 0 Å². The summed E-state index contributed by atoms with van der Waals surface area (Å²) in [5.41, 5.74) is 2.33. The van der Waals surface area contributed by atoms with Crippen LogP contribution in [0.15, 0.2) is 18.3 Å². The molecule has 0 unspecified atom stereocenters. The number of piperidine rings is 1. The molecule has 2 N–H and O–H groups in total. The predicted molar refractivity (Wildman–Crippen MR) is 120 cm³/mol. The molecular formula is C24H28F2N6O. The number of ether oxygens (including phenoxy) is 1.